The predicted molar refractivity (Wildman–Crippen MR) is 121 cm³/mol. The summed E-state index contributed by atoms with van der Waals surface area (Å²) in [4.78, 5) is 15.4. The van der Waals surface area contributed by atoms with E-state index in [-0.39, 0.29) is 30.7 Å². The minimum absolute atomic E-state index is 0. The number of halogens is 2. The summed E-state index contributed by atoms with van der Waals surface area (Å²) in [7, 11) is 1.66. The largest absolute Gasteiger partial charge is 0.396 e. The second kappa shape index (κ2) is 12.7. The topological polar surface area (TPSA) is 73.8 Å². The highest BCUT2D eigenvalue weighted by atomic mass is 35.5. The normalized spacial score (nSPS) is 19.7. The average molecular weight is 448 g/mol. The van der Waals surface area contributed by atoms with Gasteiger partial charge >= 0.3 is 0 Å². The number of nitrogens with zero attached hydrogens (tertiary/aromatic N) is 1. The lowest BCUT2D eigenvalue weighted by atomic mass is 9.78. The van der Waals surface area contributed by atoms with Crippen molar-refractivity contribution in [2.24, 2.45) is 11.3 Å². The smallest absolute Gasteiger partial charge is 0.233 e. The van der Waals surface area contributed by atoms with E-state index < -0.39 is 5.41 Å². The van der Waals surface area contributed by atoms with Crippen LogP contribution in [-0.2, 0) is 16.1 Å². The molecule has 0 bridgehead atoms. The molecule has 2 fully saturated rings. The molecule has 29 heavy (non-hydrogen) atoms. The van der Waals surface area contributed by atoms with E-state index in [4.69, 9.17) is 4.74 Å². The Balaban J connectivity index is 0.00000210. The van der Waals surface area contributed by atoms with Crippen LogP contribution < -0.4 is 10.6 Å². The van der Waals surface area contributed by atoms with Gasteiger partial charge in [-0.05, 0) is 75.5 Å². The number of piperidine rings is 2. The zero-order valence-electron chi connectivity index (χ0n) is 17.2. The summed E-state index contributed by atoms with van der Waals surface area (Å²) in [5, 5.41) is 15.7. The molecule has 1 aromatic rings. The summed E-state index contributed by atoms with van der Waals surface area (Å²) >= 11 is 0. The molecule has 6 nitrogen and oxygen atoms in total. The van der Waals surface area contributed by atoms with Crippen molar-refractivity contribution in [3.8, 4) is 0 Å². The van der Waals surface area contributed by atoms with Crippen LogP contribution in [0.5, 0.6) is 0 Å². The number of amides is 1. The second-order valence-electron chi connectivity index (χ2n) is 8.02. The fourth-order valence-electron chi connectivity index (χ4n) is 4.22. The molecule has 3 N–H and O–H groups in total. The lowest BCUT2D eigenvalue weighted by Crippen LogP contribution is -2.47. The van der Waals surface area contributed by atoms with E-state index in [0.29, 0.717) is 19.1 Å². The van der Waals surface area contributed by atoms with Gasteiger partial charge in [0.05, 0.1) is 12.0 Å². The Bertz CT molecular complexity index is 613. The molecule has 166 valence electrons. The number of aliphatic hydroxyl groups excluding tert-OH is 1. The van der Waals surface area contributed by atoms with Crippen molar-refractivity contribution in [1.82, 2.24) is 10.2 Å². The summed E-state index contributed by atoms with van der Waals surface area (Å²) in [6.45, 7) is 5.38. The lowest BCUT2D eigenvalue weighted by molar-refractivity contribution is -0.130. The van der Waals surface area contributed by atoms with E-state index in [0.717, 1.165) is 64.1 Å². The molecule has 2 aliphatic heterocycles. The first-order valence-electron chi connectivity index (χ1n) is 10.1. The fourth-order valence-corrected chi connectivity index (χ4v) is 4.22. The number of ether oxygens (including phenoxy) is 1. The Labute approximate surface area is 186 Å². The quantitative estimate of drug-likeness (QED) is 0.598. The third-order valence-corrected chi connectivity index (χ3v) is 6.02. The first-order chi connectivity index (χ1) is 13.1. The molecule has 0 aliphatic carbocycles. The van der Waals surface area contributed by atoms with Gasteiger partial charge in [0.25, 0.3) is 0 Å². The number of benzene rings is 1. The van der Waals surface area contributed by atoms with Crippen LogP contribution in [0, 0.1) is 11.3 Å². The van der Waals surface area contributed by atoms with Crippen LogP contribution in [0.15, 0.2) is 24.3 Å². The molecule has 2 aliphatic rings. The Hall–Kier alpha value is -0.890. The van der Waals surface area contributed by atoms with Crippen LogP contribution in [0.3, 0.4) is 0 Å². The summed E-state index contributed by atoms with van der Waals surface area (Å²) in [5.74, 6) is 0.514. The predicted octanol–water partition coefficient (Wildman–Crippen LogP) is 2.69. The minimum Gasteiger partial charge on any atom is -0.396 e. The zero-order valence-corrected chi connectivity index (χ0v) is 18.8. The van der Waals surface area contributed by atoms with Crippen LogP contribution >= 0.6 is 24.8 Å². The highest BCUT2D eigenvalue weighted by molar-refractivity contribution is 5.95. The summed E-state index contributed by atoms with van der Waals surface area (Å²) in [5.41, 5.74) is 1.63. The molecule has 0 aromatic heterocycles. The lowest BCUT2D eigenvalue weighted by Gasteiger charge is -2.35. The van der Waals surface area contributed by atoms with Gasteiger partial charge in [-0.25, -0.2) is 0 Å². The fraction of sp³-hybridized carbons (Fsp3) is 0.667. The standard InChI is InChI=1S/C21H33N3O3.2ClH/c1-27-16-21(7-9-22-10-8-21)20(26)23-19-4-2-3-18(13-19)14-24-11-5-17(15-25)6-12-24;;/h2-4,13,17,22,25H,5-12,14-16H2,1H3,(H,23,26);2*1H. The van der Waals surface area contributed by atoms with E-state index in [9.17, 15) is 9.90 Å². The number of rotatable bonds is 7. The van der Waals surface area contributed by atoms with Crippen LogP contribution in [0.2, 0.25) is 0 Å². The number of carbonyl (C=O) groups excluding carboxylic acids is 1. The van der Waals surface area contributed by atoms with Gasteiger partial charge in [0, 0.05) is 25.9 Å². The monoisotopic (exact) mass is 447 g/mol. The second-order valence-corrected chi connectivity index (χ2v) is 8.02. The maximum absolute atomic E-state index is 13.0. The van der Waals surface area contributed by atoms with E-state index in [1.54, 1.807) is 7.11 Å². The third-order valence-electron chi connectivity index (χ3n) is 6.02. The highest BCUT2D eigenvalue weighted by Crippen LogP contribution is 2.31. The van der Waals surface area contributed by atoms with Crippen LogP contribution in [0.4, 0.5) is 5.69 Å². The van der Waals surface area contributed by atoms with Gasteiger partial charge in [-0.1, -0.05) is 12.1 Å². The van der Waals surface area contributed by atoms with Gasteiger partial charge in [-0.15, -0.1) is 24.8 Å². The van der Waals surface area contributed by atoms with Crippen LogP contribution in [0.1, 0.15) is 31.2 Å². The number of aliphatic hydroxyl groups is 1. The Kier molecular flexibility index (Phi) is 11.5. The van der Waals surface area contributed by atoms with E-state index in [1.807, 2.05) is 12.1 Å². The molecule has 0 radical (unpaired) electrons. The van der Waals surface area contributed by atoms with Crippen molar-refractivity contribution in [1.29, 1.82) is 0 Å². The van der Waals surface area contributed by atoms with Crippen molar-refractivity contribution < 1.29 is 14.6 Å². The van der Waals surface area contributed by atoms with Gasteiger partial charge in [0.15, 0.2) is 0 Å². The van der Waals surface area contributed by atoms with Crippen molar-refractivity contribution >= 4 is 36.4 Å². The molecular weight excluding hydrogens is 413 g/mol. The SMILES string of the molecule is COCC1(C(=O)Nc2cccc(CN3CCC(CO)CC3)c2)CCNCC1.Cl.Cl. The molecule has 3 rings (SSSR count). The molecular formula is C21H35Cl2N3O3. The van der Waals surface area contributed by atoms with Crippen LogP contribution in [0.25, 0.3) is 0 Å². The number of hydrogen-bond donors (Lipinski definition) is 3. The first-order valence-corrected chi connectivity index (χ1v) is 10.1. The van der Waals surface area contributed by atoms with Crippen molar-refractivity contribution in [3.05, 3.63) is 29.8 Å². The number of likely N-dealkylation sites (tertiary alicyclic amines) is 1. The number of methoxy groups -OCH3 is 1. The number of carbonyl (C=O) groups is 1. The van der Waals surface area contributed by atoms with E-state index in [2.05, 4.69) is 27.7 Å². The molecule has 0 spiro atoms. The van der Waals surface area contributed by atoms with Gasteiger partial charge in [-0.2, -0.15) is 0 Å². The first kappa shape index (κ1) is 26.1. The van der Waals surface area contributed by atoms with Gasteiger partial charge in [0.2, 0.25) is 5.91 Å². The van der Waals surface area contributed by atoms with Crippen molar-refractivity contribution in [2.75, 3.05) is 51.8 Å². The molecule has 1 amide bonds. The zero-order chi connectivity index (χ0) is 19.1. The molecule has 0 atom stereocenters. The van der Waals surface area contributed by atoms with Crippen molar-refractivity contribution in [3.63, 3.8) is 0 Å². The van der Waals surface area contributed by atoms with Crippen molar-refractivity contribution in [2.45, 2.75) is 32.2 Å². The summed E-state index contributed by atoms with van der Waals surface area (Å²) < 4.78 is 5.37. The van der Waals surface area contributed by atoms with Crippen LogP contribution in [-0.4, -0.2) is 62.4 Å². The minimum atomic E-state index is -0.442. The summed E-state index contributed by atoms with van der Waals surface area (Å²) in [6.07, 6.45) is 3.71. The molecule has 2 saturated heterocycles. The van der Waals surface area contributed by atoms with Gasteiger partial charge in [0.1, 0.15) is 0 Å². The average Bonchev–Trinajstić information content (AvgIpc) is 2.70. The number of nitrogens with one attached hydrogen (secondary N) is 2. The molecule has 8 heteroatoms. The highest BCUT2D eigenvalue weighted by Gasteiger charge is 2.39. The Morgan fingerprint density at radius 2 is 1.97 bits per heavy atom. The Morgan fingerprint density at radius 3 is 2.59 bits per heavy atom. The Morgan fingerprint density at radius 1 is 1.28 bits per heavy atom. The van der Waals surface area contributed by atoms with E-state index >= 15 is 0 Å². The molecule has 0 saturated carbocycles. The summed E-state index contributed by atoms with van der Waals surface area (Å²) in [6, 6.07) is 8.17. The van der Waals surface area contributed by atoms with Gasteiger partial charge < -0.3 is 20.5 Å². The molecule has 0 unspecified atom stereocenters. The maximum atomic E-state index is 13.0. The molecule has 2 heterocycles. The number of hydrogen-bond acceptors (Lipinski definition) is 5. The maximum Gasteiger partial charge on any atom is 0.233 e. The molecule has 1 aromatic carbocycles. The van der Waals surface area contributed by atoms with Gasteiger partial charge in [-0.3, -0.25) is 9.69 Å². The number of anilines is 1. The van der Waals surface area contributed by atoms with E-state index in [1.165, 1.54) is 5.56 Å². The third kappa shape index (κ3) is 7.09.